The minimum Gasteiger partial charge on any atom is -0.497 e. The standard InChI is InChI=1S/C24H28Cl2N2O4/c1-27-11-15(12-27)23(32-4)18-10-19(25)17-7-8-28(24(29)21(17)22(18)26)13-14-5-6-16(30-2)9-20(14)31-3/h5-6,9-10,15,23H,7-8,11-13H2,1-4H3. The van der Waals surface area contributed by atoms with Gasteiger partial charge in [0.05, 0.1) is 30.9 Å². The number of halogens is 2. The first-order valence-electron chi connectivity index (χ1n) is 10.6. The molecule has 0 N–H and O–H groups in total. The number of benzene rings is 2. The fourth-order valence-corrected chi connectivity index (χ4v) is 5.38. The van der Waals surface area contributed by atoms with Crippen LogP contribution >= 0.6 is 23.2 Å². The van der Waals surface area contributed by atoms with Crippen LogP contribution in [0.4, 0.5) is 0 Å². The number of likely N-dealkylation sites (tertiary alicyclic amines) is 1. The molecule has 1 saturated heterocycles. The Kier molecular flexibility index (Phi) is 6.86. The lowest BCUT2D eigenvalue weighted by Crippen LogP contribution is -2.47. The average molecular weight is 479 g/mol. The molecule has 32 heavy (non-hydrogen) atoms. The molecule has 6 nitrogen and oxygen atoms in total. The van der Waals surface area contributed by atoms with E-state index in [1.807, 2.05) is 24.3 Å². The van der Waals surface area contributed by atoms with Gasteiger partial charge in [-0.15, -0.1) is 0 Å². The minimum absolute atomic E-state index is 0.126. The van der Waals surface area contributed by atoms with E-state index in [2.05, 4.69) is 11.9 Å². The molecule has 8 heteroatoms. The summed E-state index contributed by atoms with van der Waals surface area (Å²) in [5.41, 5.74) is 2.98. The third-order valence-corrected chi connectivity index (χ3v) is 7.16. The second-order valence-electron chi connectivity index (χ2n) is 8.41. The molecule has 2 aliphatic rings. The van der Waals surface area contributed by atoms with Gasteiger partial charge >= 0.3 is 0 Å². The van der Waals surface area contributed by atoms with Crippen molar-refractivity contribution in [2.75, 3.05) is 48.0 Å². The summed E-state index contributed by atoms with van der Waals surface area (Å²) in [5, 5.41) is 1.02. The molecule has 0 saturated carbocycles. The summed E-state index contributed by atoms with van der Waals surface area (Å²) in [6, 6.07) is 7.48. The van der Waals surface area contributed by atoms with Crippen LogP contribution in [0.2, 0.25) is 10.0 Å². The van der Waals surface area contributed by atoms with Crippen molar-refractivity contribution in [3.05, 3.63) is 56.6 Å². The lowest BCUT2D eigenvalue weighted by atomic mass is 9.86. The van der Waals surface area contributed by atoms with E-state index >= 15 is 0 Å². The summed E-state index contributed by atoms with van der Waals surface area (Å²) in [6.45, 7) is 2.80. The van der Waals surface area contributed by atoms with Crippen LogP contribution in [0.5, 0.6) is 11.5 Å². The smallest absolute Gasteiger partial charge is 0.256 e. The van der Waals surface area contributed by atoms with Crippen molar-refractivity contribution in [3.63, 3.8) is 0 Å². The molecule has 172 valence electrons. The molecule has 2 heterocycles. The van der Waals surface area contributed by atoms with Gasteiger partial charge in [-0.1, -0.05) is 23.2 Å². The molecule has 1 amide bonds. The van der Waals surface area contributed by atoms with E-state index in [4.69, 9.17) is 37.4 Å². The van der Waals surface area contributed by atoms with Crippen LogP contribution in [-0.2, 0) is 17.7 Å². The maximum absolute atomic E-state index is 13.6. The summed E-state index contributed by atoms with van der Waals surface area (Å²) in [4.78, 5) is 17.6. The third-order valence-electron chi connectivity index (χ3n) is 6.41. The number of amides is 1. The number of nitrogens with zero attached hydrogens (tertiary/aromatic N) is 2. The van der Waals surface area contributed by atoms with Crippen LogP contribution in [-0.4, -0.2) is 63.7 Å². The van der Waals surface area contributed by atoms with Crippen LogP contribution < -0.4 is 9.47 Å². The highest BCUT2D eigenvalue weighted by molar-refractivity contribution is 6.37. The predicted molar refractivity (Wildman–Crippen MR) is 125 cm³/mol. The topological polar surface area (TPSA) is 51.2 Å². The SMILES string of the molecule is COc1ccc(CN2CCc3c(Cl)cc(C(OC)C4CN(C)C4)c(Cl)c3C2=O)c(OC)c1. The third kappa shape index (κ3) is 4.17. The highest BCUT2D eigenvalue weighted by Gasteiger charge is 2.37. The van der Waals surface area contributed by atoms with E-state index in [-0.39, 0.29) is 12.0 Å². The molecule has 0 aliphatic carbocycles. The predicted octanol–water partition coefficient (Wildman–Crippen LogP) is 4.46. The zero-order chi connectivity index (χ0) is 23.0. The summed E-state index contributed by atoms with van der Waals surface area (Å²) in [5.74, 6) is 1.57. The van der Waals surface area contributed by atoms with Crippen molar-refractivity contribution in [3.8, 4) is 11.5 Å². The maximum Gasteiger partial charge on any atom is 0.256 e. The average Bonchev–Trinajstić information content (AvgIpc) is 2.77. The fraction of sp³-hybridized carbons (Fsp3) is 0.458. The summed E-state index contributed by atoms with van der Waals surface area (Å²) in [6.07, 6.45) is 0.439. The summed E-state index contributed by atoms with van der Waals surface area (Å²) >= 11 is 13.5. The van der Waals surface area contributed by atoms with Gasteiger partial charge in [-0.3, -0.25) is 4.79 Å². The van der Waals surface area contributed by atoms with E-state index in [1.54, 1.807) is 26.2 Å². The van der Waals surface area contributed by atoms with Gasteiger partial charge < -0.3 is 24.0 Å². The van der Waals surface area contributed by atoms with Gasteiger partial charge in [0.15, 0.2) is 0 Å². The number of hydrogen-bond acceptors (Lipinski definition) is 5. The van der Waals surface area contributed by atoms with Crippen molar-refractivity contribution in [1.29, 1.82) is 0 Å². The molecule has 1 unspecified atom stereocenters. The van der Waals surface area contributed by atoms with E-state index in [9.17, 15) is 4.79 Å². The van der Waals surface area contributed by atoms with Gasteiger partial charge in [0.1, 0.15) is 11.5 Å². The molecule has 0 radical (unpaired) electrons. The minimum atomic E-state index is -0.202. The normalized spacial score (nSPS) is 17.7. The molecular formula is C24H28Cl2N2O4. The van der Waals surface area contributed by atoms with Gasteiger partial charge in [-0.05, 0) is 37.2 Å². The van der Waals surface area contributed by atoms with Gasteiger partial charge in [-0.25, -0.2) is 0 Å². The highest BCUT2D eigenvalue weighted by atomic mass is 35.5. The Balaban J connectivity index is 1.66. The monoisotopic (exact) mass is 478 g/mol. The van der Waals surface area contributed by atoms with Gasteiger partial charge in [0.2, 0.25) is 0 Å². The second kappa shape index (κ2) is 9.48. The van der Waals surface area contributed by atoms with Crippen LogP contribution in [0.15, 0.2) is 24.3 Å². The highest BCUT2D eigenvalue weighted by Crippen LogP contribution is 2.42. The number of fused-ring (bicyclic) bond motifs is 1. The molecular weight excluding hydrogens is 451 g/mol. The Morgan fingerprint density at radius 1 is 1.12 bits per heavy atom. The van der Waals surface area contributed by atoms with Crippen molar-refractivity contribution < 1.29 is 19.0 Å². The van der Waals surface area contributed by atoms with E-state index in [1.165, 1.54) is 0 Å². The zero-order valence-electron chi connectivity index (χ0n) is 18.8. The Labute approximate surface area is 198 Å². The lowest BCUT2D eigenvalue weighted by molar-refractivity contribution is -0.0197. The molecule has 0 aromatic heterocycles. The molecule has 4 rings (SSSR count). The van der Waals surface area contributed by atoms with Crippen molar-refractivity contribution in [2.45, 2.75) is 19.1 Å². The zero-order valence-corrected chi connectivity index (χ0v) is 20.3. The molecule has 1 fully saturated rings. The molecule has 1 atom stereocenters. The molecule has 0 spiro atoms. The summed E-state index contributed by atoms with van der Waals surface area (Å²) < 4.78 is 16.6. The molecule has 2 aliphatic heterocycles. The van der Waals surface area contributed by atoms with Crippen molar-refractivity contribution in [1.82, 2.24) is 9.80 Å². The fourth-order valence-electron chi connectivity index (χ4n) is 4.72. The van der Waals surface area contributed by atoms with Crippen molar-refractivity contribution in [2.24, 2.45) is 5.92 Å². The first-order chi connectivity index (χ1) is 15.4. The number of carbonyl (C=O) groups excluding carboxylic acids is 1. The number of rotatable bonds is 7. The van der Waals surface area contributed by atoms with Crippen LogP contribution in [0.25, 0.3) is 0 Å². The van der Waals surface area contributed by atoms with Crippen LogP contribution in [0.1, 0.15) is 33.2 Å². The molecule has 2 aromatic rings. The second-order valence-corrected chi connectivity index (χ2v) is 9.19. The first kappa shape index (κ1) is 23.2. The van der Waals surface area contributed by atoms with Crippen molar-refractivity contribution >= 4 is 29.1 Å². The van der Waals surface area contributed by atoms with E-state index in [0.29, 0.717) is 52.5 Å². The lowest BCUT2D eigenvalue weighted by Gasteiger charge is -2.41. The van der Waals surface area contributed by atoms with Gasteiger partial charge in [0, 0.05) is 61.4 Å². The largest absolute Gasteiger partial charge is 0.497 e. The quantitative estimate of drug-likeness (QED) is 0.587. The Morgan fingerprint density at radius 2 is 1.88 bits per heavy atom. The van der Waals surface area contributed by atoms with E-state index < -0.39 is 0 Å². The number of hydrogen-bond donors (Lipinski definition) is 0. The van der Waals surface area contributed by atoms with Crippen LogP contribution in [0, 0.1) is 5.92 Å². The Morgan fingerprint density at radius 3 is 2.50 bits per heavy atom. The van der Waals surface area contributed by atoms with E-state index in [0.717, 1.165) is 29.8 Å². The molecule has 2 aromatic carbocycles. The number of ether oxygens (including phenoxy) is 3. The number of carbonyl (C=O) groups is 1. The summed E-state index contributed by atoms with van der Waals surface area (Å²) in [7, 11) is 6.96. The maximum atomic E-state index is 13.6. The number of methoxy groups -OCH3 is 3. The van der Waals surface area contributed by atoms with Gasteiger partial charge in [0.25, 0.3) is 5.91 Å². The van der Waals surface area contributed by atoms with Crippen LogP contribution in [0.3, 0.4) is 0 Å². The Bertz CT molecular complexity index is 1020. The molecule has 0 bridgehead atoms. The Hall–Kier alpha value is -1.99. The first-order valence-corrected chi connectivity index (χ1v) is 11.4. The van der Waals surface area contributed by atoms with Gasteiger partial charge in [-0.2, -0.15) is 0 Å².